The van der Waals surface area contributed by atoms with Crippen molar-refractivity contribution in [3.05, 3.63) is 0 Å². The molecule has 0 aromatic carbocycles. The molecule has 0 aromatic heterocycles. The van der Waals surface area contributed by atoms with Gasteiger partial charge in [-0.2, -0.15) is 0 Å². The Morgan fingerprint density at radius 2 is 2.09 bits per heavy atom. The zero-order valence-electron chi connectivity index (χ0n) is 7.14. The number of likely N-dealkylation sites (N-methyl/N-ethyl adjacent to an activating group) is 1. The summed E-state index contributed by atoms with van der Waals surface area (Å²) in [5.41, 5.74) is 0. The van der Waals surface area contributed by atoms with Gasteiger partial charge in [0.1, 0.15) is 0 Å². The molecule has 0 heterocycles. The lowest BCUT2D eigenvalue weighted by atomic mass is 10.4. The average Bonchev–Trinajstić information content (AvgIpc) is 2.04. The molecule has 0 atom stereocenters. The number of carbonyl (C=O) groups is 1. The van der Waals surface area contributed by atoms with Gasteiger partial charge in [0.2, 0.25) is 0 Å². The van der Waals surface area contributed by atoms with Crippen LogP contribution in [0.3, 0.4) is 0 Å². The highest BCUT2D eigenvalue weighted by Crippen LogP contribution is 1.79. The molecule has 0 saturated carbocycles. The summed E-state index contributed by atoms with van der Waals surface area (Å²) in [5.74, 6) is -0.165. The smallest absolute Gasteiger partial charge is 0.306 e. The van der Waals surface area contributed by atoms with Gasteiger partial charge in [-0.3, -0.25) is 4.79 Å². The second kappa shape index (κ2) is 7.50. The van der Waals surface area contributed by atoms with E-state index in [1.54, 1.807) is 0 Å². The van der Waals surface area contributed by atoms with Crippen LogP contribution >= 0.6 is 0 Å². The molecule has 0 spiro atoms. The number of carbonyl (C=O) groups excluding carboxylic acids is 1. The van der Waals surface area contributed by atoms with E-state index in [0.717, 1.165) is 13.1 Å². The van der Waals surface area contributed by atoms with Crippen molar-refractivity contribution in [1.29, 1.82) is 0 Å². The van der Waals surface area contributed by atoms with Crippen molar-refractivity contribution < 1.29 is 9.53 Å². The Balaban J connectivity index is 2.95. The molecule has 0 saturated heterocycles. The maximum Gasteiger partial charge on any atom is 0.306 e. The summed E-state index contributed by atoms with van der Waals surface area (Å²) < 4.78 is 4.46. The molecule has 0 radical (unpaired) electrons. The minimum absolute atomic E-state index is 0.165. The highest BCUT2D eigenvalue weighted by Gasteiger charge is 1.96. The van der Waals surface area contributed by atoms with Crippen molar-refractivity contribution >= 4 is 5.97 Å². The number of hydrogen-bond acceptors (Lipinski definition) is 4. The zero-order chi connectivity index (χ0) is 8.53. The monoisotopic (exact) mass is 160 g/mol. The van der Waals surface area contributed by atoms with E-state index >= 15 is 0 Å². The largest absolute Gasteiger partial charge is 0.469 e. The van der Waals surface area contributed by atoms with Crippen molar-refractivity contribution in [3.8, 4) is 0 Å². The van der Waals surface area contributed by atoms with Gasteiger partial charge in [-0.1, -0.05) is 0 Å². The minimum atomic E-state index is -0.165. The average molecular weight is 160 g/mol. The molecule has 0 bridgehead atoms. The van der Waals surface area contributed by atoms with Crippen LogP contribution in [0, 0.1) is 0 Å². The molecule has 66 valence electrons. The zero-order valence-corrected chi connectivity index (χ0v) is 7.14. The number of rotatable bonds is 6. The lowest BCUT2D eigenvalue weighted by Gasteiger charge is -2.02. The Morgan fingerprint density at radius 1 is 1.36 bits per heavy atom. The van der Waals surface area contributed by atoms with Gasteiger partial charge in [-0.15, -0.1) is 0 Å². The maximum absolute atomic E-state index is 10.6. The van der Waals surface area contributed by atoms with Crippen LogP contribution in [0.4, 0.5) is 0 Å². The summed E-state index contributed by atoms with van der Waals surface area (Å²) >= 11 is 0. The third-order valence-corrected chi connectivity index (χ3v) is 1.29. The van der Waals surface area contributed by atoms with Gasteiger partial charge in [0.15, 0.2) is 0 Å². The number of methoxy groups -OCH3 is 1. The Morgan fingerprint density at radius 3 is 2.64 bits per heavy atom. The fraction of sp³-hybridized carbons (Fsp3) is 0.857. The van der Waals surface area contributed by atoms with Crippen LogP contribution in [0.1, 0.15) is 6.42 Å². The standard InChI is InChI=1S/C7H16N2O2/c1-8-5-6-9-4-3-7(10)11-2/h8-9H,3-6H2,1-2H3. The van der Waals surface area contributed by atoms with Crippen LogP contribution in [0.5, 0.6) is 0 Å². The predicted octanol–water partition coefficient (Wildman–Crippen LogP) is -0.641. The number of esters is 1. The van der Waals surface area contributed by atoms with Crippen molar-refractivity contribution in [3.63, 3.8) is 0 Å². The van der Waals surface area contributed by atoms with E-state index < -0.39 is 0 Å². The quantitative estimate of drug-likeness (QED) is 0.401. The van der Waals surface area contributed by atoms with Gasteiger partial charge < -0.3 is 15.4 Å². The minimum Gasteiger partial charge on any atom is -0.469 e. The Bertz CT molecular complexity index is 107. The van der Waals surface area contributed by atoms with E-state index in [-0.39, 0.29) is 5.97 Å². The van der Waals surface area contributed by atoms with Crippen molar-refractivity contribution in [1.82, 2.24) is 10.6 Å². The highest BCUT2D eigenvalue weighted by atomic mass is 16.5. The summed E-state index contributed by atoms with van der Waals surface area (Å²) in [5, 5.41) is 6.08. The molecule has 0 rings (SSSR count). The first-order chi connectivity index (χ1) is 5.31. The molecule has 0 aliphatic rings. The van der Waals surface area contributed by atoms with Gasteiger partial charge in [-0.25, -0.2) is 0 Å². The van der Waals surface area contributed by atoms with Gasteiger partial charge >= 0.3 is 5.97 Å². The van der Waals surface area contributed by atoms with Gasteiger partial charge in [0.25, 0.3) is 0 Å². The van der Waals surface area contributed by atoms with Crippen molar-refractivity contribution in [2.45, 2.75) is 6.42 Å². The number of ether oxygens (including phenoxy) is 1. The summed E-state index contributed by atoms with van der Waals surface area (Å²) in [6.45, 7) is 2.49. The van der Waals surface area contributed by atoms with Crippen LogP contribution in [0.15, 0.2) is 0 Å². The first kappa shape index (κ1) is 10.4. The molecule has 0 fully saturated rings. The number of hydrogen-bond donors (Lipinski definition) is 2. The topological polar surface area (TPSA) is 50.4 Å². The summed E-state index contributed by atoms with van der Waals surface area (Å²) in [6.07, 6.45) is 0.445. The predicted molar refractivity (Wildman–Crippen MR) is 43.4 cm³/mol. The SMILES string of the molecule is CNCCNCCC(=O)OC. The maximum atomic E-state index is 10.6. The fourth-order valence-electron chi connectivity index (χ4n) is 0.631. The molecular weight excluding hydrogens is 144 g/mol. The molecule has 4 heteroatoms. The Labute approximate surface area is 67.3 Å². The van der Waals surface area contributed by atoms with Crippen molar-refractivity contribution in [2.24, 2.45) is 0 Å². The molecule has 0 unspecified atom stereocenters. The molecule has 0 aliphatic heterocycles. The second-order valence-corrected chi connectivity index (χ2v) is 2.18. The van der Waals surface area contributed by atoms with E-state index in [1.807, 2.05) is 7.05 Å². The van der Waals surface area contributed by atoms with Gasteiger partial charge in [0, 0.05) is 19.6 Å². The van der Waals surface area contributed by atoms with Crippen LogP contribution < -0.4 is 10.6 Å². The third kappa shape index (κ3) is 7.29. The van der Waals surface area contributed by atoms with E-state index in [1.165, 1.54) is 7.11 Å². The summed E-state index contributed by atoms with van der Waals surface area (Å²) in [6, 6.07) is 0. The highest BCUT2D eigenvalue weighted by molar-refractivity contribution is 5.69. The van der Waals surface area contributed by atoms with Gasteiger partial charge in [-0.05, 0) is 7.05 Å². The van der Waals surface area contributed by atoms with E-state index in [9.17, 15) is 4.79 Å². The second-order valence-electron chi connectivity index (χ2n) is 2.18. The molecule has 0 aromatic rings. The Hall–Kier alpha value is -0.610. The first-order valence-electron chi connectivity index (χ1n) is 3.73. The van der Waals surface area contributed by atoms with Crippen LogP contribution in [-0.2, 0) is 9.53 Å². The Kier molecular flexibility index (Phi) is 7.08. The molecule has 2 N–H and O–H groups in total. The van der Waals surface area contributed by atoms with E-state index in [4.69, 9.17) is 0 Å². The third-order valence-electron chi connectivity index (χ3n) is 1.29. The van der Waals surface area contributed by atoms with E-state index in [0.29, 0.717) is 13.0 Å². The number of nitrogens with one attached hydrogen (secondary N) is 2. The molecular formula is C7H16N2O2. The van der Waals surface area contributed by atoms with Gasteiger partial charge in [0.05, 0.1) is 13.5 Å². The normalized spacial score (nSPS) is 9.64. The molecule has 11 heavy (non-hydrogen) atoms. The molecule has 4 nitrogen and oxygen atoms in total. The van der Waals surface area contributed by atoms with E-state index in [2.05, 4.69) is 15.4 Å². The lowest BCUT2D eigenvalue weighted by Crippen LogP contribution is -2.26. The first-order valence-corrected chi connectivity index (χ1v) is 3.73. The summed E-state index contributed by atoms with van der Waals surface area (Å²) in [4.78, 5) is 10.6. The van der Waals surface area contributed by atoms with Crippen LogP contribution in [-0.4, -0.2) is 39.8 Å². The molecule has 0 aliphatic carbocycles. The van der Waals surface area contributed by atoms with Crippen LogP contribution in [0.2, 0.25) is 0 Å². The van der Waals surface area contributed by atoms with Crippen molar-refractivity contribution in [2.75, 3.05) is 33.8 Å². The molecule has 0 amide bonds. The summed E-state index contributed by atoms with van der Waals surface area (Å²) in [7, 11) is 3.29. The lowest BCUT2D eigenvalue weighted by molar-refractivity contribution is -0.140. The van der Waals surface area contributed by atoms with Crippen LogP contribution in [0.25, 0.3) is 0 Å². The fourth-order valence-corrected chi connectivity index (χ4v) is 0.631.